The Morgan fingerprint density at radius 2 is 1.80 bits per heavy atom. The molecule has 5 N–H and O–H groups in total. The summed E-state index contributed by atoms with van der Waals surface area (Å²) in [5.41, 5.74) is 1.47. The minimum atomic E-state index is -1.32. The lowest BCUT2D eigenvalue weighted by atomic mass is 10.0. The first-order valence-electron chi connectivity index (χ1n) is 14.6. The average Bonchev–Trinajstić information content (AvgIpc) is 3.41. The molecule has 0 unspecified atom stereocenters. The number of benzene rings is 2. The highest BCUT2D eigenvalue weighted by molar-refractivity contribution is 5.92. The number of aromatic nitrogens is 3. The lowest BCUT2D eigenvalue weighted by Crippen LogP contribution is -2.56. The van der Waals surface area contributed by atoms with Gasteiger partial charge in [-0.25, -0.2) is 9.67 Å². The summed E-state index contributed by atoms with van der Waals surface area (Å²) in [6.07, 6.45) is 0.369. The zero-order chi connectivity index (χ0) is 31.6. The molecule has 2 bridgehead atoms. The summed E-state index contributed by atoms with van der Waals surface area (Å²) in [7, 11) is 0. The third-order valence-electron chi connectivity index (χ3n) is 6.89. The quantitative estimate of drug-likeness (QED) is 0.285. The first-order valence-corrected chi connectivity index (χ1v) is 14.6. The summed E-state index contributed by atoms with van der Waals surface area (Å²) in [5.74, 6) is -0.599. The second-order valence-corrected chi connectivity index (χ2v) is 11.1. The first kappa shape index (κ1) is 32.1. The summed E-state index contributed by atoms with van der Waals surface area (Å²) >= 11 is 0. The second-order valence-electron chi connectivity index (χ2n) is 11.1. The molecular formula is C31H39N7O6. The van der Waals surface area contributed by atoms with Crippen LogP contribution in [0, 0.1) is 5.92 Å². The molecule has 3 heterocycles. The third-order valence-corrected chi connectivity index (χ3v) is 6.89. The summed E-state index contributed by atoms with van der Waals surface area (Å²) in [5, 5.41) is 25.5. The van der Waals surface area contributed by atoms with E-state index in [9.17, 15) is 24.3 Å². The zero-order valence-corrected chi connectivity index (χ0v) is 25.1. The molecule has 0 saturated heterocycles. The van der Waals surface area contributed by atoms with Gasteiger partial charge < -0.3 is 31.1 Å². The zero-order valence-electron chi connectivity index (χ0n) is 25.1. The predicted octanol–water partition coefficient (Wildman–Crippen LogP) is 0.882. The highest BCUT2D eigenvalue weighted by atomic mass is 16.5. The van der Waals surface area contributed by atoms with Crippen molar-refractivity contribution in [1.82, 2.24) is 36.0 Å². The summed E-state index contributed by atoms with van der Waals surface area (Å²) in [6, 6.07) is 13.2. The topological polar surface area (TPSA) is 177 Å². The van der Waals surface area contributed by atoms with Gasteiger partial charge in [0.15, 0.2) is 5.82 Å². The molecule has 13 nitrogen and oxygen atoms in total. The molecule has 234 valence electrons. The van der Waals surface area contributed by atoms with Crippen LogP contribution in [0.1, 0.15) is 44.6 Å². The average molecular weight is 606 g/mol. The number of carbonyl (C=O) groups is 4. The highest BCUT2D eigenvalue weighted by Gasteiger charge is 2.29. The van der Waals surface area contributed by atoms with E-state index < -0.39 is 36.5 Å². The Hall–Kier alpha value is -4.78. The smallest absolute Gasteiger partial charge is 0.245 e. The molecule has 13 heteroatoms. The van der Waals surface area contributed by atoms with E-state index in [1.807, 2.05) is 44.2 Å². The van der Waals surface area contributed by atoms with Gasteiger partial charge in [-0.1, -0.05) is 56.3 Å². The van der Waals surface area contributed by atoms with Crippen LogP contribution in [0.15, 0.2) is 54.6 Å². The largest absolute Gasteiger partial charge is 0.492 e. The summed E-state index contributed by atoms with van der Waals surface area (Å²) < 4.78 is 7.17. The van der Waals surface area contributed by atoms with Gasteiger partial charge in [0.1, 0.15) is 36.8 Å². The number of aliphatic hydroxyl groups excluding tert-OH is 1. The first-order chi connectivity index (χ1) is 21.1. The minimum Gasteiger partial charge on any atom is -0.492 e. The van der Waals surface area contributed by atoms with Crippen molar-refractivity contribution in [3.63, 3.8) is 0 Å². The molecule has 2 aliphatic rings. The monoisotopic (exact) mass is 605 g/mol. The van der Waals surface area contributed by atoms with Crippen molar-refractivity contribution < 1.29 is 29.0 Å². The van der Waals surface area contributed by atoms with Gasteiger partial charge in [-0.3, -0.25) is 19.2 Å². The van der Waals surface area contributed by atoms with Crippen molar-refractivity contribution >= 4 is 23.6 Å². The molecule has 3 aromatic rings. The number of amides is 4. The van der Waals surface area contributed by atoms with Crippen LogP contribution in [0.3, 0.4) is 0 Å². The van der Waals surface area contributed by atoms with Gasteiger partial charge in [-0.05, 0) is 30.5 Å². The maximum absolute atomic E-state index is 13.4. The van der Waals surface area contributed by atoms with Crippen LogP contribution in [0.2, 0.25) is 0 Å². The molecule has 2 aliphatic heterocycles. The van der Waals surface area contributed by atoms with Gasteiger partial charge in [-0.15, -0.1) is 0 Å². The fourth-order valence-corrected chi connectivity index (χ4v) is 4.69. The van der Waals surface area contributed by atoms with Gasteiger partial charge >= 0.3 is 0 Å². The number of hydrogen-bond acceptors (Lipinski definition) is 8. The maximum atomic E-state index is 13.4. The number of hydrogen-bond donors (Lipinski definition) is 5. The highest BCUT2D eigenvalue weighted by Crippen LogP contribution is 2.19. The van der Waals surface area contributed by atoms with Crippen molar-refractivity contribution in [2.75, 3.05) is 19.8 Å². The van der Waals surface area contributed by atoms with Crippen LogP contribution in [0.4, 0.5) is 0 Å². The van der Waals surface area contributed by atoms with Crippen molar-refractivity contribution in [2.45, 2.75) is 58.3 Å². The normalized spacial score (nSPS) is 20.1. The van der Waals surface area contributed by atoms with Crippen molar-refractivity contribution in [3.05, 3.63) is 66.0 Å². The lowest BCUT2D eigenvalue weighted by molar-refractivity contribution is -0.133. The van der Waals surface area contributed by atoms with Crippen LogP contribution < -0.4 is 26.0 Å². The van der Waals surface area contributed by atoms with E-state index >= 15 is 0 Å². The van der Waals surface area contributed by atoms with E-state index in [1.54, 1.807) is 31.2 Å². The Morgan fingerprint density at radius 1 is 1.07 bits per heavy atom. The van der Waals surface area contributed by atoms with E-state index in [4.69, 9.17) is 4.74 Å². The van der Waals surface area contributed by atoms with E-state index in [0.29, 0.717) is 17.4 Å². The molecule has 44 heavy (non-hydrogen) atoms. The molecule has 5 rings (SSSR count). The van der Waals surface area contributed by atoms with E-state index in [0.717, 1.165) is 11.1 Å². The molecule has 1 aromatic heterocycles. The fraction of sp³-hybridized carbons (Fsp3) is 0.419. The van der Waals surface area contributed by atoms with Crippen LogP contribution in [0.5, 0.6) is 5.75 Å². The second kappa shape index (κ2) is 15.1. The molecule has 4 amide bonds. The standard InChI is InChI=1S/C31H39N7O6/c1-19(2)15-26(40)34-24-16-21-9-11-23(12-10-21)44-14-13-32-27(41)17-38-29(36-28(37-38)22-7-5-4-6-8-22)20(3)33-31(43)25(18-39)35-30(24)42/h4-12,19-20,24-25,39H,13-18H2,1-3H3,(H,32,41)(H,33,43)(H,34,40)(H,35,42)/t20-,24-,25-/m0/s1. The summed E-state index contributed by atoms with van der Waals surface area (Å²) in [6.45, 7) is 5.07. The Balaban J connectivity index is 1.62. The number of aliphatic hydroxyl groups is 1. The van der Waals surface area contributed by atoms with Gasteiger partial charge in [0.05, 0.1) is 19.2 Å². The fourth-order valence-electron chi connectivity index (χ4n) is 4.69. The number of carbonyl (C=O) groups excluding carboxylic acids is 4. The molecule has 2 aromatic carbocycles. The van der Waals surface area contributed by atoms with Crippen LogP contribution in [-0.4, -0.2) is 75.3 Å². The predicted molar refractivity (Wildman–Crippen MR) is 161 cm³/mol. The number of rotatable bonds is 5. The maximum Gasteiger partial charge on any atom is 0.245 e. The lowest BCUT2D eigenvalue weighted by Gasteiger charge is -2.24. The number of fused-ring (bicyclic) bond motifs is 14. The van der Waals surface area contributed by atoms with Gasteiger partial charge in [-0.2, -0.15) is 5.10 Å². The van der Waals surface area contributed by atoms with Crippen LogP contribution >= 0.6 is 0 Å². The number of nitrogens with one attached hydrogen (secondary N) is 4. The van der Waals surface area contributed by atoms with Gasteiger partial charge in [0, 0.05) is 18.4 Å². The SMILES string of the molecule is CC(C)CC(=O)N[C@H]1Cc2ccc(cc2)OCCNC(=O)Cn2nc(-c3ccccc3)nc2[C@H](C)NC(=O)[C@H](CO)NC1=O. The molecule has 0 spiro atoms. The minimum absolute atomic E-state index is 0.0775. The summed E-state index contributed by atoms with van der Waals surface area (Å²) in [4.78, 5) is 56.7. The van der Waals surface area contributed by atoms with Crippen molar-refractivity contribution in [2.24, 2.45) is 5.92 Å². The van der Waals surface area contributed by atoms with E-state index in [-0.39, 0.29) is 50.3 Å². The van der Waals surface area contributed by atoms with Crippen molar-refractivity contribution in [3.8, 4) is 17.1 Å². The Labute approximate surface area is 255 Å². The van der Waals surface area contributed by atoms with Gasteiger partial charge in [0.2, 0.25) is 23.6 Å². The Kier molecular flexibility index (Phi) is 11.0. The Bertz CT molecular complexity index is 1440. The molecular weight excluding hydrogens is 566 g/mol. The number of ether oxygens (including phenoxy) is 1. The van der Waals surface area contributed by atoms with Gasteiger partial charge in [0.25, 0.3) is 0 Å². The molecule has 0 saturated carbocycles. The van der Waals surface area contributed by atoms with E-state index in [2.05, 4.69) is 31.3 Å². The number of nitrogens with zero attached hydrogens (tertiary/aromatic N) is 3. The third kappa shape index (κ3) is 8.86. The Morgan fingerprint density at radius 3 is 2.48 bits per heavy atom. The molecule has 0 aliphatic carbocycles. The molecule has 0 radical (unpaired) electrons. The van der Waals surface area contributed by atoms with Crippen LogP contribution in [0.25, 0.3) is 11.4 Å². The molecule has 3 atom stereocenters. The van der Waals surface area contributed by atoms with E-state index in [1.165, 1.54) is 4.68 Å². The van der Waals surface area contributed by atoms with Crippen LogP contribution in [-0.2, 0) is 32.1 Å². The molecule has 0 fully saturated rings. The van der Waals surface area contributed by atoms with Crippen molar-refractivity contribution in [1.29, 1.82) is 0 Å².